The summed E-state index contributed by atoms with van der Waals surface area (Å²) in [6.45, 7) is 3.56. The van der Waals surface area contributed by atoms with Gasteiger partial charge in [-0.2, -0.15) is 11.8 Å². The highest BCUT2D eigenvalue weighted by atomic mass is 32.2. The number of thioether (sulfide) groups is 1. The molecule has 1 nitrogen and oxygen atoms in total. The molecule has 1 atom stereocenters. The Bertz CT molecular complexity index is 403. The molecule has 2 heterocycles. The van der Waals surface area contributed by atoms with E-state index in [1.165, 1.54) is 43.7 Å². The summed E-state index contributed by atoms with van der Waals surface area (Å²) in [6.07, 6.45) is 5.31. The average Bonchev–Trinajstić information content (AvgIpc) is 2.88. The molecule has 1 aromatic carbocycles. The SMILES string of the molecule is CC1(c2ccccc2C2CCSCC2)CCCN1. The van der Waals surface area contributed by atoms with E-state index in [0.717, 1.165) is 5.92 Å². The summed E-state index contributed by atoms with van der Waals surface area (Å²) in [7, 11) is 0. The Morgan fingerprint density at radius 1 is 1.22 bits per heavy atom. The number of benzene rings is 1. The highest BCUT2D eigenvalue weighted by Gasteiger charge is 2.33. The third-order valence-corrected chi connectivity index (χ3v) is 5.63. The van der Waals surface area contributed by atoms with Crippen molar-refractivity contribution in [3.63, 3.8) is 0 Å². The highest BCUT2D eigenvalue weighted by molar-refractivity contribution is 7.99. The molecule has 2 fully saturated rings. The minimum Gasteiger partial charge on any atom is -0.308 e. The van der Waals surface area contributed by atoms with E-state index in [4.69, 9.17) is 0 Å². The Labute approximate surface area is 115 Å². The zero-order valence-corrected chi connectivity index (χ0v) is 12.1. The van der Waals surface area contributed by atoms with Crippen LogP contribution in [0.15, 0.2) is 24.3 Å². The van der Waals surface area contributed by atoms with E-state index < -0.39 is 0 Å². The zero-order chi connectivity index (χ0) is 12.4. The predicted molar refractivity (Wildman–Crippen MR) is 80.3 cm³/mol. The summed E-state index contributed by atoms with van der Waals surface area (Å²) < 4.78 is 0. The highest BCUT2D eigenvalue weighted by Crippen LogP contribution is 2.39. The number of hydrogen-bond donors (Lipinski definition) is 1. The maximum atomic E-state index is 3.72. The van der Waals surface area contributed by atoms with Crippen LogP contribution >= 0.6 is 11.8 Å². The maximum Gasteiger partial charge on any atom is 0.0409 e. The van der Waals surface area contributed by atoms with Crippen molar-refractivity contribution < 1.29 is 0 Å². The van der Waals surface area contributed by atoms with Gasteiger partial charge in [-0.3, -0.25) is 0 Å². The fourth-order valence-corrected chi connectivity index (χ4v) is 4.60. The molecular formula is C16H23NS. The number of rotatable bonds is 2. The van der Waals surface area contributed by atoms with Crippen LogP contribution in [0, 0.1) is 0 Å². The molecule has 1 N–H and O–H groups in total. The van der Waals surface area contributed by atoms with Gasteiger partial charge in [-0.1, -0.05) is 24.3 Å². The fourth-order valence-electron chi connectivity index (χ4n) is 3.49. The molecule has 0 bridgehead atoms. The number of nitrogens with one attached hydrogen (secondary N) is 1. The lowest BCUT2D eigenvalue weighted by Gasteiger charge is -2.32. The van der Waals surface area contributed by atoms with Crippen molar-refractivity contribution in [1.82, 2.24) is 5.32 Å². The van der Waals surface area contributed by atoms with E-state index in [9.17, 15) is 0 Å². The molecule has 2 aliphatic heterocycles. The van der Waals surface area contributed by atoms with E-state index >= 15 is 0 Å². The summed E-state index contributed by atoms with van der Waals surface area (Å²) in [6, 6.07) is 9.16. The van der Waals surface area contributed by atoms with Gasteiger partial charge >= 0.3 is 0 Å². The first kappa shape index (κ1) is 12.6. The molecule has 2 heteroatoms. The maximum absolute atomic E-state index is 3.72. The molecule has 1 unspecified atom stereocenters. The topological polar surface area (TPSA) is 12.0 Å². The average molecular weight is 261 g/mol. The zero-order valence-electron chi connectivity index (χ0n) is 11.2. The first-order valence-electron chi connectivity index (χ1n) is 7.22. The Kier molecular flexibility index (Phi) is 3.67. The molecule has 3 rings (SSSR count). The second kappa shape index (κ2) is 5.26. The van der Waals surface area contributed by atoms with E-state index in [1.54, 1.807) is 11.1 Å². The summed E-state index contributed by atoms with van der Waals surface area (Å²) in [5.41, 5.74) is 3.41. The second-order valence-electron chi connectivity index (χ2n) is 5.84. The van der Waals surface area contributed by atoms with E-state index in [2.05, 4.69) is 48.3 Å². The van der Waals surface area contributed by atoms with Gasteiger partial charge in [0.2, 0.25) is 0 Å². The molecule has 98 valence electrons. The van der Waals surface area contributed by atoms with Crippen LogP contribution in [0.5, 0.6) is 0 Å². The molecule has 1 aromatic rings. The van der Waals surface area contributed by atoms with Crippen molar-refractivity contribution in [3.8, 4) is 0 Å². The van der Waals surface area contributed by atoms with Gasteiger partial charge in [-0.05, 0) is 67.7 Å². The van der Waals surface area contributed by atoms with Crippen LogP contribution in [0.25, 0.3) is 0 Å². The van der Waals surface area contributed by atoms with Gasteiger partial charge in [0.15, 0.2) is 0 Å². The van der Waals surface area contributed by atoms with Crippen molar-refractivity contribution in [2.75, 3.05) is 18.1 Å². The predicted octanol–water partition coefficient (Wildman–Crippen LogP) is 3.90. The molecule has 0 radical (unpaired) electrons. The van der Waals surface area contributed by atoms with Crippen LogP contribution in [-0.4, -0.2) is 18.1 Å². The van der Waals surface area contributed by atoms with Gasteiger partial charge in [0.05, 0.1) is 0 Å². The van der Waals surface area contributed by atoms with Gasteiger partial charge in [0.1, 0.15) is 0 Å². The Balaban J connectivity index is 1.93. The fraction of sp³-hybridized carbons (Fsp3) is 0.625. The van der Waals surface area contributed by atoms with E-state index in [1.807, 2.05) is 0 Å². The third-order valence-electron chi connectivity index (χ3n) is 4.59. The van der Waals surface area contributed by atoms with Gasteiger partial charge in [-0.15, -0.1) is 0 Å². The minimum atomic E-state index is 0.223. The lowest BCUT2D eigenvalue weighted by molar-refractivity contribution is 0.425. The van der Waals surface area contributed by atoms with Crippen molar-refractivity contribution in [2.24, 2.45) is 0 Å². The molecule has 0 aromatic heterocycles. The summed E-state index contributed by atoms with van der Waals surface area (Å²) in [5, 5.41) is 3.72. The molecule has 0 saturated carbocycles. The van der Waals surface area contributed by atoms with Gasteiger partial charge in [-0.25, -0.2) is 0 Å². The van der Waals surface area contributed by atoms with Crippen molar-refractivity contribution >= 4 is 11.8 Å². The first-order valence-corrected chi connectivity index (χ1v) is 8.37. The normalized spacial score (nSPS) is 29.6. The van der Waals surface area contributed by atoms with Crippen LogP contribution in [0.2, 0.25) is 0 Å². The molecule has 0 amide bonds. The second-order valence-corrected chi connectivity index (χ2v) is 7.06. The molecule has 2 aliphatic rings. The van der Waals surface area contributed by atoms with Crippen LogP contribution in [0.1, 0.15) is 49.7 Å². The van der Waals surface area contributed by atoms with Gasteiger partial charge in [0.25, 0.3) is 0 Å². The minimum absolute atomic E-state index is 0.223. The van der Waals surface area contributed by atoms with Crippen LogP contribution in [0.3, 0.4) is 0 Å². The van der Waals surface area contributed by atoms with Gasteiger partial charge < -0.3 is 5.32 Å². The van der Waals surface area contributed by atoms with E-state index in [0.29, 0.717) is 0 Å². The van der Waals surface area contributed by atoms with Crippen molar-refractivity contribution in [3.05, 3.63) is 35.4 Å². The van der Waals surface area contributed by atoms with Crippen molar-refractivity contribution in [1.29, 1.82) is 0 Å². The smallest absolute Gasteiger partial charge is 0.0409 e. The van der Waals surface area contributed by atoms with Gasteiger partial charge in [0, 0.05) is 5.54 Å². The Morgan fingerprint density at radius 3 is 2.72 bits per heavy atom. The molecule has 0 aliphatic carbocycles. The van der Waals surface area contributed by atoms with Crippen LogP contribution in [0.4, 0.5) is 0 Å². The first-order chi connectivity index (χ1) is 8.80. The summed E-state index contributed by atoms with van der Waals surface area (Å²) in [5.74, 6) is 3.47. The largest absolute Gasteiger partial charge is 0.308 e. The monoisotopic (exact) mass is 261 g/mol. The molecule has 18 heavy (non-hydrogen) atoms. The lowest BCUT2D eigenvalue weighted by Crippen LogP contribution is -2.34. The standard InChI is InChI=1S/C16H23NS/c1-16(9-4-10-17-16)15-6-3-2-5-14(15)13-7-11-18-12-8-13/h2-3,5-6,13,17H,4,7-12H2,1H3. The summed E-state index contributed by atoms with van der Waals surface area (Å²) >= 11 is 2.11. The Morgan fingerprint density at radius 2 is 2.00 bits per heavy atom. The third kappa shape index (κ3) is 2.33. The quantitative estimate of drug-likeness (QED) is 0.866. The summed E-state index contributed by atoms with van der Waals surface area (Å²) in [4.78, 5) is 0. The van der Waals surface area contributed by atoms with Crippen LogP contribution in [-0.2, 0) is 5.54 Å². The van der Waals surface area contributed by atoms with Crippen LogP contribution < -0.4 is 5.32 Å². The number of hydrogen-bond acceptors (Lipinski definition) is 2. The molecule has 2 saturated heterocycles. The lowest BCUT2D eigenvalue weighted by atomic mass is 9.81. The molecule has 0 spiro atoms. The van der Waals surface area contributed by atoms with E-state index in [-0.39, 0.29) is 5.54 Å². The molecular weight excluding hydrogens is 238 g/mol. The Hall–Kier alpha value is -0.470. The van der Waals surface area contributed by atoms with Crippen molar-refractivity contribution in [2.45, 2.75) is 44.1 Å².